The average Bonchev–Trinajstić information content (AvgIpc) is 2.50. The third-order valence-corrected chi connectivity index (χ3v) is 4.30. The van der Waals surface area contributed by atoms with Crippen LogP contribution in [0.15, 0.2) is 29.2 Å². The van der Waals surface area contributed by atoms with Gasteiger partial charge in [0.2, 0.25) is 0 Å². The number of ether oxygens (including phenoxy) is 1. The molecule has 0 spiro atoms. The predicted octanol–water partition coefficient (Wildman–Crippen LogP) is 3.34. The number of thioether (sulfide) groups is 1. The van der Waals surface area contributed by atoms with E-state index in [0.717, 1.165) is 18.5 Å². The number of carbonyl (C=O) groups is 1. The van der Waals surface area contributed by atoms with E-state index in [2.05, 4.69) is 18.7 Å². The van der Waals surface area contributed by atoms with Gasteiger partial charge in [0.25, 0.3) is 0 Å². The van der Waals surface area contributed by atoms with Crippen molar-refractivity contribution in [2.75, 3.05) is 33.1 Å². The molecule has 1 aromatic carbocycles. The Morgan fingerprint density at radius 3 is 2.50 bits per heavy atom. The van der Waals surface area contributed by atoms with Gasteiger partial charge in [-0.3, -0.25) is 9.69 Å². The van der Waals surface area contributed by atoms with Crippen LogP contribution in [-0.2, 0) is 4.74 Å². The van der Waals surface area contributed by atoms with E-state index in [0.29, 0.717) is 19.2 Å². The van der Waals surface area contributed by atoms with Gasteiger partial charge in [-0.2, -0.15) is 0 Å². The number of Topliss-reactive ketones (excluding diaryl/α,β-unsaturated/α-hetero) is 1. The third-order valence-electron chi connectivity index (χ3n) is 3.56. The van der Waals surface area contributed by atoms with Crippen LogP contribution in [0.1, 0.15) is 30.6 Å². The number of methoxy groups -OCH3 is 1. The number of benzene rings is 1. The molecule has 112 valence electrons. The van der Waals surface area contributed by atoms with E-state index >= 15 is 0 Å². The summed E-state index contributed by atoms with van der Waals surface area (Å²) in [7, 11) is 1.69. The van der Waals surface area contributed by atoms with Crippen molar-refractivity contribution in [1.29, 1.82) is 0 Å². The molecule has 20 heavy (non-hydrogen) atoms. The van der Waals surface area contributed by atoms with Gasteiger partial charge < -0.3 is 4.74 Å². The summed E-state index contributed by atoms with van der Waals surface area (Å²) in [6, 6.07) is 8.22. The Labute approximate surface area is 126 Å². The number of hydrogen-bond acceptors (Lipinski definition) is 4. The van der Waals surface area contributed by atoms with Gasteiger partial charge in [0.05, 0.1) is 13.2 Å². The number of nitrogens with zero attached hydrogens (tertiary/aromatic N) is 1. The van der Waals surface area contributed by atoms with Crippen molar-refractivity contribution in [2.45, 2.75) is 31.2 Å². The molecule has 0 fully saturated rings. The van der Waals surface area contributed by atoms with Crippen LogP contribution in [0, 0.1) is 0 Å². The molecule has 0 aromatic heterocycles. The third kappa shape index (κ3) is 5.27. The van der Waals surface area contributed by atoms with Crippen LogP contribution in [0.2, 0.25) is 0 Å². The maximum atomic E-state index is 12.3. The lowest BCUT2D eigenvalue weighted by atomic mass is 10.1. The second-order valence-electron chi connectivity index (χ2n) is 4.87. The first-order valence-corrected chi connectivity index (χ1v) is 8.25. The van der Waals surface area contributed by atoms with E-state index in [9.17, 15) is 4.79 Å². The molecule has 1 atom stereocenters. The van der Waals surface area contributed by atoms with Crippen LogP contribution < -0.4 is 0 Å². The number of rotatable bonds is 9. The second kappa shape index (κ2) is 9.16. The van der Waals surface area contributed by atoms with Crippen LogP contribution in [0.3, 0.4) is 0 Å². The maximum absolute atomic E-state index is 12.3. The molecule has 0 bridgehead atoms. The smallest absolute Gasteiger partial charge is 0.176 e. The van der Waals surface area contributed by atoms with Crippen molar-refractivity contribution in [3.63, 3.8) is 0 Å². The minimum Gasteiger partial charge on any atom is -0.383 e. The van der Waals surface area contributed by atoms with Gasteiger partial charge in [0.15, 0.2) is 5.78 Å². The SMILES string of the molecule is CCC(C)N(CCOC)CC(=O)c1ccc(SC)cc1. The highest BCUT2D eigenvalue weighted by molar-refractivity contribution is 7.98. The van der Waals surface area contributed by atoms with Crippen LogP contribution in [0.5, 0.6) is 0 Å². The molecule has 1 unspecified atom stereocenters. The fraction of sp³-hybridized carbons (Fsp3) is 0.562. The molecular formula is C16H25NO2S. The molecule has 3 nitrogen and oxygen atoms in total. The first-order valence-electron chi connectivity index (χ1n) is 7.02. The second-order valence-corrected chi connectivity index (χ2v) is 5.75. The number of hydrogen-bond donors (Lipinski definition) is 0. The zero-order chi connectivity index (χ0) is 15.0. The van der Waals surface area contributed by atoms with E-state index in [1.807, 2.05) is 30.5 Å². The zero-order valence-corrected chi connectivity index (χ0v) is 13.7. The maximum Gasteiger partial charge on any atom is 0.176 e. The van der Waals surface area contributed by atoms with E-state index in [1.54, 1.807) is 18.9 Å². The summed E-state index contributed by atoms with van der Waals surface area (Å²) in [6.07, 6.45) is 3.06. The highest BCUT2D eigenvalue weighted by atomic mass is 32.2. The molecular weight excluding hydrogens is 270 g/mol. The summed E-state index contributed by atoms with van der Waals surface area (Å²) in [5.41, 5.74) is 0.786. The van der Waals surface area contributed by atoms with Gasteiger partial charge in [-0.15, -0.1) is 11.8 Å². The largest absolute Gasteiger partial charge is 0.383 e. The van der Waals surface area contributed by atoms with Crippen molar-refractivity contribution in [3.05, 3.63) is 29.8 Å². The van der Waals surface area contributed by atoms with E-state index in [4.69, 9.17) is 4.74 Å². The summed E-state index contributed by atoms with van der Waals surface area (Å²) in [5, 5.41) is 0. The van der Waals surface area contributed by atoms with Crippen molar-refractivity contribution in [1.82, 2.24) is 4.90 Å². The van der Waals surface area contributed by atoms with Crippen LogP contribution in [0.25, 0.3) is 0 Å². The number of ketones is 1. The molecule has 0 radical (unpaired) electrons. The first-order chi connectivity index (χ1) is 9.62. The lowest BCUT2D eigenvalue weighted by molar-refractivity contribution is 0.0834. The minimum absolute atomic E-state index is 0.175. The monoisotopic (exact) mass is 295 g/mol. The van der Waals surface area contributed by atoms with Crippen molar-refractivity contribution >= 4 is 17.5 Å². The molecule has 4 heteroatoms. The van der Waals surface area contributed by atoms with Crippen molar-refractivity contribution < 1.29 is 9.53 Å². The Bertz CT molecular complexity index is 405. The summed E-state index contributed by atoms with van der Waals surface area (Å²) >= 11 is 1.68. The summed E-state index contributed by atoms with van der Waals surface area (Å²) in [6.45, 7) is 6.20. The lowest BCUT2D eigenvalue weighted by Crippen LogP contribution is -2.39. The molecule has 0 aliphatic carbocycles. The average molecular weight is 295 g/mol. The summed E-state index contributed by atoms with van der Waals surface area (Å²) in [4.78, 5) is 15.7. The summed E-state index contributed by atoms with van der Waals surface area (Å²) < 4.78 is 5.13. The molecule has 1 aromatic rings. The van der Waals surface area contributed by atoms with Gasteiger partial charge >= 0.3 is 0 Å². The molecule has 1 rings (SSSR count). The first kappa shape index (κ1) is 17.2. The highest BCUT2D eigenvalue weighted by Gasteiger charge is 2.16. The van der Waals surface area contributed by atoms with Crippen LogP contribution >= 0.6 is 11.8 Å². The highest BCUT2D eigenvalue weighted by Crippen LogP contribution is 2.15. The molecule has 0 aliphatic rings. The molecule has 0 N–H and O–H groups in total. The Morgan fingerprint density at radius 1 is 1.35 bits per heavy atom. The zero-order valence-electron chi connectivity index (χ0n) is 12.9. The Kier molecular flexibility index (Phi) is 7.88. The normalized spacial score (nSPS) is 12.7. The van der Waals surface area contributed by atoms with Gasteiger partial charge in [0.1, 0.15) is 0 Å². The molecule has 0 heterocycles. The molecule has 0 saturated carbocycles. The van der Waals surface area contributed by atoms with E-state index in [-0.39, 0.29) is 5.78 Å². The minimum atomic E-state index is 0.175. The van der Waals surface area contributed by atoms with Crippen molar-refractivity contribution in [3.8, 4) is 0 Å². The number of carbonyl (C=O) groups excluding carboxylic acids is 1. The predicted molar refractivity (Wildman–Crippen MR) is 85.8 cm³/mol. The Morgan fingerprint density at radius 2 is 2.00 bits per heavy atom. The van der Waals surface area contributed by atoms with Crippen LogP contribution in [0.4, 0.5) is 0 Å². The van der Waals surface area contributed by atoms with Crippen molar-refractivity contribution in [2.24, 2.45) is 0 Å². The van der Waals surface area contributed by atoms with Gasteiger partial charge in [-0.05, 0) is 31.7 Å². The molecule has 0 saturated heterocycles. The Balaban J connectivity index is 2.68. The molecule has 0 amide bonds. The van der Waals surface area contributed by atoms with Gasteiger partial charge in [-0.25, -0.2) is 0 Å². The van der Waals surface area contributed by atoms with E-state index < -0.39 is 0 Å². The van der Waals surface area contributed by atoms with Crippen LogP contribution in [-0.4, -0.2) is 49.8 Å². The fourth-order valence-electron chi connectivity index (χ4n) is 1.97. The quantitative estimate of drug-likeness (QED) is 0.516. The summed E-state index contributed by atoms with van der Waals surface area (Å²) in [5.74, 6) is 0.175. The van der Waals surface area contributed by atoms with Gasteiger partial charge in [-0.1, -0.05) is 19.1 Å². The fourth-order valence-corrected chi connectivity index (χ4v) is 2.38. The Hall–Kier alpha value is -0.840. The van der Waals surface area contributed by atoms with E-state index in [1.165, 1.54) is 4.90 Å². The van der Waals surface area contributed by atoms with Gasteiger partial charge in [0, 0.05) is 30.2 Å². The lowest BCUT2D eigenvalue weighted by Gasteiger charge is -2.27. The molecule has 0 aliphatic heterocycles. The topological polar surface area (TPSA) is 29.5 Å². The standard InChI is InChI=1S/C16H25NO2S/c1-5-13(2)17(10-11-19-3)12-16(18)14-6-8-15(20-4)9-7-14/h6-9,13H,5,10-12H2,1-4H3.